The largest absolute Gasteiger partial charge is 3.00 e. The molecule has 0 aliphatic heterocycles. The molecule has 0 saturated heterocycles. The molecule has 0 aromatic rings. The number of alkyl halides is 1. The maximum atomic E-state index is 9.45. The van der Waals surface area contributed by atoms with E-state index in [1.165, 1.54) is 0 Å². The average Bonchev–Trinajstić information content (AvgIpc) is 1.38. The van der Waals surface area contributed by atoms with Crippen LogP contribution in [-0.4, -0.2) is 28.5 Å². The number of carbonyl (C=O) groups is 1. The Balaban J connectivity index is -0.0000000133. The normalized spacial score (nSPS) is 4.22. The summed E-state index contributed by atoms with van der Waals surface area (Å²) in [5, 5.41) is -0.508. The van der Waals surface area contributed by atoms with Crippen LogP contribution in [0.3, 0.4) is 0 Å². The van der Waals surface area contributed by atoms with E-state index < -0.39 is 5.24 Å². The van der Waals surface area contributed by atoms with Crippen molar-refractivity contribution in [2.75, 3.05) is 5.88 Å². The van der Waals surface area contributed by atoms with E-state index in [1.54, 1.807) is 0 Å². The van der Waals surface area contributed by atoms with Crippen LogP contribution in [0.4, 0.5) is 0 Å². The van der Waals surface area contributed by atoms with Crippen LogP contribution in [0.15, 0.2) is 0 Å². The Morgan fingerprint density at radius 3 is 1.33 bits per heavy atom. The van der Waals surface area contributed by atoms with Crippen molar-refractivity contribution in [1.29, 1.82) is 0 Å². The van der Waals surface area contributed by atoms with Gasteiger partial charge in [0, 0.05) is 0 Å². The van der Waals surface area contributed by atoms with Gasteiger partial charge in [-0.15, -0.1) is 11.6 Å². The van der Waals surface area contributed by atoms with E-state index in [0.29, 0.717) is 0 Å². The summed E-state index contributed by atoms with van der Waals surface area (Å²) < 4.78 is 0. The monoisotopic (exact) mass is 244 g/mol. The van der Waals surface area contributed by atoms with Crippen molar-refractivity contribution in [3.05, 3.63) is 0 Å². The van der Waals surface area contributed by atoms with Crippen molar-refractivity contribution in [2.24, 2.45) is 0 Å². The van der Waals surface area contributed by atoms with Gasteiger partial charge in [-0.3, -0.25) is 4.79 Å². The second kappa shape index (κ2) is 22.6. The minimum atomic E-state index is -0.508. The van der Waals surface area contributed by atoms with Gasteiger partial charge < -0.3 is 37.2 Å². The van der Waals surface area contributed by atoms with Gasteiger partial charge in [-0.1, -0.05) is 0 Å². The second-order valence-electron chi connectivity index (χ2n) is 0.489. The van der Waals surface area contributed by atoms with Gasteiger partial charge in [0.05, 0.1) is 5.88 Å². The first-order chi connectivity index (χ1) is 2.27. The molecular weight excluding hydrogens is 244 g/mol. The summed E-state index contributed by atoms with van der Waals surface area (Å²) in [5.41, 5.74) is 0. The molecule has 0 fully saturated rings. The van der Waals surface area contributed by atoms with Crippen molar-refractivity contribution in [3.8, 4) is 0 Å². The standard InChI is InChI=1S/C2H2Cl2O.Al.3ClH/c3-1-2(4)5;;;;/h1H2;;3*1H/q;+3;;;/p-3. The molecule has 0 bridgehead atoms. The van der Waals surface area contributed by atoms with E-state index in [0.717, 1.165) is 0 Å². The summed E-state index contributed by atoms with van der Waals surface area (Å²) in [4.78, 5) is 9.45. The molecule has 7 heteroatoms. The van der Waals surface area contributed by atoms with Gasteiger partial charge in [-0.25, -0.2) is 0 Å². The van der Waals surface area contributed by atoms with Crippen LogP contribution in [0.2, 0.25) is 0 Å². The van der Waals surface area contributed by atoms with Gasteiger partial charge in [-0.05, 0) is 11.6 Å². The molecule has 0 amide bonds. The van der Waals surface area contributed by atoms with Gasteiger partial charge in [0.1, 0.15) is 0 Å². The third-order valence-electron chi connectivity index (χ3n) is 0.105. The third kappa shape index (κ3) is 42.4. The predicted octanol–water partition coefficient (Wildman–Crippen LogP) is -8.38. The average molecular weight is 246 g/mol. The Morgan fingerprint density at radius 1 is 1.22 bits per heavy atom. The molecule has 0 heterocycles. The summed E-state index contributed by atoms with van der Waals surface area (Å²) in [6.07, 6.45) is 0. The Morgan fingerprint density at radius 2 is 1.33 bits per heavy atom. The second-order valence-corrected chi connectivity index (χ2v) is 1.18. The molecule has 0 atom stereocenters. The van der Waals surface area contributed by atoms with Crippen LogP contribution >= 0.6 is 23.2 Å². The Labute approximate surface area is 93.2 Å². The summed E-state index contributed by atoms with van der Waals surface area (Å²) in [6, 6.07) is 0. The zero-order chi connectivity index (χ0) is 4.28. The molecule has 0 unspecified atom stereocenters. The van der Waals surface area contributed by atoms with Gasteiger partial charge in [0.2, 0.25) is 5.24 Å². The van der Waals surface area contributed by atoms with Crippen molar-refractivity contribution < 1.29 is 42.0 Å². The van der Waals surface area contributed by atoms with Gasteiger partial charge in [-0.2, -0.15) is 0 Å². The van der Waals surface area contributed by atoms with Crippen LogP contribution in [0.5, 0.6) is 0 Å². The minimum absolute atomic E-state index is 0. The van der Waals surface area contributed by atoms with Gasteiger partial charge >= 0.3 is 17.4 Å². The van der Waals surface area contributed by atoms with E-state index in [2.05, 4.69) is 0 Å². The number of rotatable bonds is 1. The quantitative estimate of drug-likeness (QED) is 0.255. The first kappa shape index (κ1) is 31.1. The van der Waals surface area contributed by atoms with Crippen molar-refractivity contribution >= 4 is 45.8 Å². The Kier molecular flexibility index (Phi) is 78.1. The molecule has 0 aliphatic rings. The SMILES string of the molecule is O=C(Cl)CCl.[Al+3].[Cl-].[Cl-].[Cl-]. The minimum Gasteiger partial charge on any atom is -1.00 e. The molecular formula is C2H2AlCl5O. The third-order valence-corrected chi connectivity index (χ3v) is 0.618. The number of carbonyl (C=O) groups excluding carboxylic acids is 1. The molecule has 0 spiro atoms. The van der Waals surface area contributed by atoms with Crippen molar-refractivity contribution in [2.45, 2.75) is 0 Å². The summed E-state index contributed by atoms with van der Waals surface area (Å²) >= 11 is 9.55. The fourth-order valence-corrected chi connectivity index (χ4v) is 0. The van der Waals surface area contributed by atoms with E-state index in [1.807, 2.05) is 0 Å². The van der Waals surface area contributed by atoms with E-state index in [4.69, 9.17) is 23.2 Å². The van der Waals surface area contributed by atoms with Crippen LogP contribution in [-0.2, 0) is 4.79 Å². The molecule has 54 valence electrons. The molecule has 9 heavy (non-hydrogen) atoms. The number of hydrogen-bond donors (Lipinski definition) is 0. The zero-order valence-corrected chi connectivity index (χ0v) is 9.02. The van der Waals surface area contributed by atoms with Crippen molar-refractivity contribution in [1.82, 2.24) is 0 Å². The van der Waals surface area contributed by atoms with Gasteiger partial charge in [0.25, 0.3) is 0 Å². The maximum Gasteiger partial charge on any atom is 3.00 e. The molecule has 0 aliphatic carbocycles. The smallest absolute Gasteiger partial charge is 1.00 e. The molecule has 1 nitrogen and oxygen atoms in total. The molecule has 0 aromatic carbocycles. The predicted molar refractivity (Wildman–Crippen MR) is 27.3 cm³/mol. The molecule has 0 rings (SSSR count). The fourth-order valence-electron chi connectivity index (χ4n) is 0. The Hall–Kier alpha value is 1.65. The summed E-state index contributed by atoms with van der Waals surface area (Å²) in [7, 11) is 0. The molecule has 0 N–H and O–H groups in total. The number of halogens is 5. The first-order valence-electron chi connectivity index (χ1n) is 1.01. The van der Waals surface area contributed by atoms with E-state index in [-0.39, 0.29) is 60.5 Å². The van der Waals surface area contributed by atoms with Crippen LogP contribution in [0.1, 0.15) is 0 Å². The summed E-state index contributed by atoms with van der Waals surface area (Å²) in [5.74, 6) is -0.0957. The topological polar surface area (TPSA) is 17.1 Å². The van der Waals surface area contributed by atoms with Gasteiger partial charge in [0.15, 0.2) is 0 Å². The first-order valence-corrected chi connectivity index (χ1v) is 1.93. The molecule has 0 radical (unpaired) electrons. The van der Waals surface area contributed by atoms with Crippen LogP contribution < -0.4 is 37.2 Å². The van der Waals surface area contributed by atoms with Crippen LogP contribution in [0.25, 0.3) is 0 Å². The number of hydrogen-bond acceptors (Lipinski definition) is 1. The Bertz CT molecular complexity index is 50.2. The zero-order valence-electron chi connectivity index (χ0n) is 4.08. The molecule has 0 aromatic heterocycles. The van der Waals surface area contributed by atoms with Crippen molar-refractivity contribution in [3.63, 3.8) is 0 Å². The maximum absolute atomic E-state index is 9.45. The van der Waals surface area contributed by atoms with Crippen LogP contribution in [0, 0.1) is 0 Å². The van der Waals surface area contributed by atoms with E-state index in [9.17, 15) is 4.79 Å². The summed E-state index contributed by atoms with van der Waals surface area (Å²) in [6.45, 7) is 0. The van der Waals surface area contributed by atoms with E-state index >= 15 is 0 Å². The fraction of sp³-hybridized carbons (Fsp3) is 0.500. The molecule has 0 saturated carbocycles.